The number of ether oxygens (including phenoxy) is 2. The van der Waals surface area contributed by atoms with Crippen LogP contribution in [0.2, 0.25) is 0 Å². The number of aromatic nitrogens is 1. The zero-order chi connectivity index (χ0) is 21.1. The van der Waals surface area contributed by atoms with Gasteiger partial charge >= 0.3 is 0 Å². The molecule has 3 aromatic rings. The summed E-state index contributed by atoms with van der Waals surface area (Å²) in [5, 5.41) is 0.931. The Morgan fingerprint density at radius 1 is 1.03 bits per heavy atom. The number of rotatable bonds is 6. The molecule has 1 aliphatic rings. The van der Waals surface area contributed by atoms with Gasteiger partial charge in [-0.05, 0) is 42.2 Å². The van der Waals surface area contributed by atoms with Gasteiger partial charge in [-0.1, -0.05) is 18.3 Å². The molecule has 6 nitrogen and oxygen atoms in total. The number of carbonyl (C=O) groups is 1. The summed E-state index contributed by atoms with van der Waals surface area (Å²) in [5.74, 6) is 2.66. The SMILES string of the molecule is CCSc1ccc(C(=O)N2CCN(c3nc4c(OC)ccc(OC)c4s3)CC2)cc1. The summed E-state index contributed by atoms with van der Waals surface area (Å²) in [5.41, 5.74) is 1.57. The van der Waals surface area contributed by atoms with Gasteiger partial charge in [-0.15, -0.1) is 11.8 Å². The van der Waals surface area contributed by atoms with Crippen molar-refractivity contribution in [2.75, 3.05) is 51.1 Å². The minimum absolute atomic E-state index is 0.0929. The van der Waals surface area contributed by atoms with E-state index in [1.54, 1.807) is 37.3 Å². The fourth-order valence-corrected chi connectivity index (χ4v) is 5.34. The van der Waals surface area contributed by atoms with Gasteiger partial charge in [0.2, 0.25) is 0 Å². The molecule has 0 N–H and O–H groups in total. The molecular formula is C22H25N3O3S2. The van der Waals surface area contributed by atoms with E-state index in [0.29, 0.717) is 13.1 Å². The second kappa shape index (κ2) is 9.14. The summed E-state index contributed by atoms with van der Waals surface area (Å²) in [7, 11) is 3.32. The molecule has 2 heterocycles. The van der Waals surface area contributed by atoms with Crippen molar-refractivity contribution in [2.45, 2.75) is 11.8 Å². The van der Waals surface area contributed by atoms with Crippen molar-refractivity contribution in [3.63, 3.8) is 0 Å². The molecule has 0 radical (unpaired) electrons. The molecule has 0 bridgehead atoms. The second-order valence-electron chi connectivity index (χ2n) is 6.88. The third-order valence-electron chi connectivity index (χ3n) is 5.15. The van der Waals surface area contributed by atoms with Gasteiger partial charge in [-0.3, -0.25) is 4.79 Å². The molecule has 1 aliphatic heterocycles. The highest BCUT2D eigenvalue weighted by molar-refractivity contribution is 7.99. The summed E-state index contributed by atoms with van der Waals surface area (Å²) in [6, 6.07) is 11.7. The number of nitrogens with zero attached hydrogens (tertiary/aromatic N) is 3. The number of carbonyl (C=O) groups excluding carboxylic acids is 1. The van der Waals surface area contributed by atoms with E-state index in [-0.39, 0.29) is 5.91 Å². The van der Waals surface area contributed by atoms with E-state index in [9.17, 15) is 4.79 Å². The summed E-state index contributed by atoms with van der Waals surface area (Å²) in [6.45, 7) is 4.98. The Morgan fingerprint density at radius 3 is 2.33 bits per heavy atom. The number of methoxy groups -OCH3 is 2. The van der Waals surface area contributed by atoms with E-state index < -0.39 is 0 Å². The predicted octanol–water partition coefficient (Wildman–Crippen LogP) is 4.39. The van der Waals surface area contributed by atoms with Gasteiger partial charge in [0.05, 0.1) is 14.2 Å². The highest BCUT2D eigenvalue weighted by Gasteiger charge is 2.25. The van der Waals surface area contributed by atoms with Crippen LogP contribution in [0.5, 0.6) is 11.5 Å². The Labute approximate surface area is 184 Å². The normalized spacial score (nSPS) is 14.2. The van der Waals surface area contributed by atoms with E-state index in [2.05, 4.69) is 11.8 Å². The molecular weight excluding hydrogens is 418 g/mol. The van der Waals surface area contributed by atoms with Crippen LogP contribution >= 0.6 is 23.1 Å². The van der Waals surface area contributed by atoms with Crippen LogP contribution in [0.25, 0.3) is 10.2 Å². The number of hydrogen-bond acceptors (Lipinski definition) is 7. The van der Waals surface area contributed by atoms with Gasteiger partial charge in [0.1, 0.15) is 21.7 Å². The molecule has 1 fully saturated rings. The monoisotopic (exact) mass is 443 g/mol. The number of thiazole rings is 1. The van der Waals surface area contributed by atoms with Crippen LogP contribution in [0.15, 0.2) is 41.3 Å². The van der Waals surface area contributed by atoms with E-state index >= 15 is 0 Å². The Bertz CT molecular complexity index is 987. The smallest absolute Gasteiger partial charge is 0.253 e. The minimum Gasteiger partial charge on any atom is -0.495 e. The fraction of sp³-hybridized carbons (Fsp3) is 0.364. The summed E-state index contributed by atoms with van der Waals surface area (Å²) in [6.07, 6.45) is 0. The van der Waals surface area contributed by atoms with Gasteiger partial charge in [0, 0.05) is 36.6 Å². The lowest BCUT2D eigenvalue weighted by atomic mass is 10.2. The average Bonchev–Trinajstić information content (AvgIpc) is 3.24. The van der Waals surface area contributed by atoms with Crippen molar-refractivity contribution < 1.29 is 14.3 Å². The topological polar surface area (TPSA) is 54.9 Å². The lowest BCUT2D eigenvalue weighted by Crippen LogP contribution is -2.48. The molecule has 4 rings (SSSR count). The van der Waals surface area contributed by atoms with E-state index in [1.807, 2.05) is 41.3 Å². The largest absolute Gasteiger partial charge is 0.495 e. The Kier molecular flexibility index (Phi) is 6.34. The Morgan fingerprint density at radius 2 is 1.70 bits per heavy atom. The molecule has 0 spiro atoms. The summed E-state index contributed by atoms with van der Waals surface area (Å²) in [4.78, 5) is 23.0. The third-order valence-corrected chi connectivity index (χ3v) is 7.17. The average molecular weight is 444 g/mol. The van der Waals surface area contributed by atoms with Crippen LogP contribution in [0, 0.1) is 0 Å². The first kappa shape index (κ1) is 20.8. The highest BCUT2D eigenvalue weighted by atomic mass is 32.2. The first-order chi connectivity index (χ1) is 14.6. The van der Waals surface area contributed by atoms with E-state index in [1.165, 1.54) is 4.90 Å². The molecule has 1 amide bonds. The molecule has 0 unspecified atom stereocenters. The molecule has 0 atom stereocenters. The van der Waals surface area contributed by atoms with Gasteiger partial charge in [-0.2, -0.15) is 0 Å². The fourth-order valence-electron chi connectivity index (χ4n) is 3.55. The predicted molar refractivity (Wildman–Crippen MR) is 124 cm³/mol. The standard InChI is InChI=1S/C22H25N3O3S2/c1-4-29-16-7-5-15(6-8-16)21(26)24-11-13-25(14-12-24)22-23-19-17(27-2)9-10-18(28-3)20(19)30-22/h5-10H,4,11-14H2,1-3H3. The van der Waals surface area contributed by atoms with E-state index in [4.69, 9.17) is 14.5 Å². The molecule has 0 aliphatic carbocycles. The second-order valence-corrected chi connectivity index (χ2v) is 9.20. The lowest BCUT2D eigenvalue weighted by Gasteiger charge is -2.34. The molecule has 2 aromatic carbocycles. The molecule has 158 valence electrons. The number of fused-ring (bicyclic) bond motifs is 1. The van der Waals surface area contributed by atoms with Crippen molar-refractivity contribution in [3.8, 4) is 11.5 Å². The van der Waals surface area contributed by atoms with Crippen LogP contribution in [-0.2, 0) is 0 Å². The zero-order valence-corrected chi connectivity index (χ0v) is 19.0. The molecule has 1 saturated heterocycles. The highest BCUT2D eigenvalue weighted by Crippen LogP contribution is 2.40. The maximum absolute atomic E-state index is 12.9. The number of thioether (sulfide) groups is 1. The van der Waals surface area contributed by atoms with Gasteiger partial charge in [-0.25, -0.2) is 4.98 Å². The van der Waals surface area contributed by atoms with Crippen LogP contribution in [0.4, 0.5) is 5.13 Å². The zero-order valence-electron chi connectivity index (χ0n) is 17.4. The molecule has 30 heavy (non-hydrogen) atoms. The number of benzene rings is 2. The van der Waals surface area contributed by atoms with Crippen molar-refractivity contribution in [2.24, 2.45) is 0 Å². The van der Waals surface area contributed by atoms with Crippen molar-refractivity contribution in [1.29, 1.82) is 0 Å². The minimum atomic E-state index is 0.0929. The lowest BCUT2D eigenvalue weighted by molar-refractivity contribution is 0.0746. The molecule has 8 heteroatoms. The van der Waals surface area contributed by atoms with Gasteiger partial charge in [0.25, 0.3) is 5.91 Å². The van der Waals surface area contributed by atoms with Crippen molar-refractivity contribution in [3.05, 3.63) is 42.0 Å². The first-order valence-corrected chi connectivity index (χ1v) is 11.7. The van der Waals surface area contributed by atoms with Crippen molar-refractivity contribution in [1.82, 2.24) is 9.88 Å². The van der Waals surface area contributed by atoms with Crippen LogP contribution < -0.4 is 14.4 Å². The molecule has 0 saturated carbocycles. The summed E-state index contributed by atoms with van der Waals surface area (Å²) < 4.78 is 11.9. The molecule has 1 aromatic heterocycles. The first-order valence-electron chi connectivity index (χ1n) is 9.93. The number of piperazine rings is 1. The van der Waals surface area contributed by atoms with Crippen LogP contribution in [-0.4, -0.2) is 61.9 Å². The van der Waals surface area contributed by atoms with Crippen LogP contribution in [0.3, 0.4) is 0 Å². The third kappa shape index (κ3) is 4.06. The quantitative estimate of drug-likeness (QED) is 0.527. The maximum atomic E-state index is 12.9. The maximum Gasteiger partial charge on any atom is 0.253 e. The van der Waals surface area contributed by atoms with Crippen LogP contribution in [0.1, 0.15) is 17.3 Å². The number of hydrogen-bond donors (Lipinski definition) is 0. The van der Waals surface area contributed by atoms with Crippen molar-refractivity contribution >= 4 is 44.4 Å². The number of anilines is 1. The van der Waals surface area contributed by atoms with Gasteiger partial charge < -0.3 is 19.3 Å². The summed E-state index contributed by atoms with van der Waals surface area (Å²) >= 11 is 3.38. The van der Waals surface area contributed by atoms with E-state index in [0.717, 1.165) is 51.3 Å². The van der Waals surface area contributed by atoms with Gasteiger partial charge in [0.15, 0.2) is 5.13 Å². The Balaban J connectivity index is 1.46. The number of amides is 1. The Hall–Kier alpha value is -2.45.